The molecule has 1 N–H and O–H groups in total. The molecule has 2 aromatic carbocycles. The lowest BCUT2D eigenvalue weighted by molar-refractivity contribution is -0.113. The van der Waals surface area contributed by atoms with Crippen LogP contribution in [0, 0.1) is 3.57 Å². The largest absolute Gasteiger partial charge is 0.416 e. The molecule has 3 rings (SSSR count). The zero-order valence-electron chi connectivity index (χ0n) is 12.9. The standard InChI is InChI=1S/C17H13BrIN3O2S/c18-12-7-5-11(6-8-12)9-16-21-22-17(24-16)25-10-15(23)20-14-4-2-1-3-13(14)19/h1-8H,9-10H2,(H,20,23). The van der Waals surface area contributed by atoms with Crippen LogP contribution < -0.4 is 5.32 Å². The van der Waals surface area contributed by atoms with Crippen LogP contribution in [0.2, 0.25) is 0 Å². The molecule has 0 spiro atoms. The van der Waals surface area contributed by atoms with Crippen molar-refractivity contribution < 1.29 is 9.21 Å². The smallest absolute Gasteiger partial charge is 0.277 e. The SMILES string of the molecule is O=C(CSc1nnc(Cc2ccc(Br)cc2)o1)Nc1ccccc1I. The molecule has 8 heteroatoms. The number of amides is 1. The zero-order valence-corrected chi connectivity index (χ0v) is 17.5. The van der Waals surface area contributed by atoms with Gasteiger partial charge in [0.1, 0.15) is 0 Å². The van der Waals surface area contributed by atoms with Crippen LogP contribution in [0.1, 0.15) is 11.5 Å². The van der Waals surface area contributed by atoms with E-state index in [0.717, 1.165) is 19.3 Å². The number of hydrogen-bond donors (Lipinski definition) is 1. The van der Waals surface area contributed by atoms with Gasteiger partial charge in [0.2, 0.25) is 11.8 Å². The fourth-order valence-electron chi connectivity index (χ4n) is 2.02. The second kappa shape index (κ2) is 8.81. The van der Waals surface area contributed by atoms with Gasteiger partial charge in [0.25, 0.3) is 5.22 Å². The van der Waals surface area contributed by atoms with Crippen molar-refractivity contribution in [1.82, 2.24) is 10.2 Å². The lowest BCUT2D eigenvalue weighted by Gasteiger charge is -2.05. The molecule has 1 aromatic heterocycles. The van der Waals surface area contributed by atoms with Crippen LogP contribution in [0.15, 0.2) is 62.6 Å². The zero-order chi connectivity index (χ0) is 17.6. The van der Waals surface area contributed by atoms with E-state index < -0.39 is 0 Å². The minimum atomic E-state index is -0.109. The Hall–Kier alpha value is -1.39. The first-order valence-corrected chi connectivity index (χ1v) is 10.2. The molecule has 0 aliphatic carbocycles. The lowest BCUT2D eigenvalue weighted by Crippen LogP contribution is -2.14. The fourth-order valence-corrected chi connectivity index (χ4v) is 3.39. The first-order chi connectivity index (χ1) is 12.1. The topological polar surface area (TPSA) is 68.0 Å². The summed E-state index contributed by atoms with van der Waals surface area (Å²) >= 11 is 6.81. The molecule has 0 aliphatic heterocycles. The monoisotopic (exact) mass is 529 g/mol. The van der Waals surface area contributed by atoms with Gasteiger partial charge in [-0.3, -0.25) is 4.79 Å². The van der Waals surface area contributed by atoms with Crippen molar-refractivity contribution >= 4 is 61.9 Å². The second-order valence-corrected chi connectivity index (χ2v) is 8.09. The summed E-state index contributed by atoms with van der Waals surface area (Å²) in [6.45, 7) is 0. The third-order valence-corrected chi connectivity index (χ3v) is 5.48. The van der Waals surface area contributed by atoms with Crippen LogP contribution in [-0.2, 0) is 11.2 Å². The van der Waals surface area contributed by atoms with E-state index in [1.165, 1.54) is 11.8 Å². The van der Waals surface area contributed by atoms with Crippen molar-refractivity contribution in [2.45, 2.75) is 11.6 Å². The number of aromatic nitrogens is 2. The summed E-state index contributed by atoms with van der Waals surface area (Å²) in [7, 11) is 0. The predicted molar refractivity (Wildman–Crippen MR) is 110 cm³/mol. The van der Waals surface area contributed by atoms with Gasteiger partial charge < -0.3 is 9.73 Å². The Morgan fingerprint density at radius 1 is 1.16 bits per heavy atom. The van der Waals surface area contributed by atoms with Gasteiger partial charge >= 0.3 is 0 Å². The molecule has 3 aromatic rings. The Morgan fingerprint density at radius 3 is 2.68 bits per heavy atom. The van der Waals surface area contributed by atoms with Gasteiger partial charge in [-0.05, 0) is 52.4 Å². The normalized spacial score (nSPS) is 10.6. The number of thioether (sulfide) groups is 1. The van der Waals surface area contributed by atoms with E-state index >= 15 is 0 Å². The molecular formula is C17H13BrIN3O2S. The number of nitrogens with zero attached hydrogens (tertiary/aromatic N) is 2. The van der Waals surface area contributed by atoms with Gasteiger partial charge in [0, 0.05) is 8.04 Å². The molecule has 0 radical (unpaired) electrons. The number of para-hydroxylation sites is 1. The summed E-state index contributed by atoms with van der Waals surface area (Å²) in [5.74, 6) is 0.634. The van der Waals surface area contributed by atoms with Crippen molar-refractivity contribution in [3.63, 3.8) is 0 Å². The third kappa shape index (κ3) is 5.55. The molecule has 1 amide bonds. The summed E-state index contributed by atoms with van der Waals surface area (Å²) in [6.07, 6.45) is 0.565. The van der Waals surface area contributed by atoms with Gasteiger partial charge in [-0.1, -0.05) is 52.0 Å². The Morgan fingerprint density at radius 2 is 1.92 bits per heavy atom. The van der Waals surface area contributed by atoms with Crippen LogP contribution in [0.5, 0.6) is 0 Å². The second-order valence-electron chi connectivity index (χ2n) is 5.08. The number of benzene rings is 2. The lowest BCUT2D eigenvalue weighted by atomic mass is 10.2. The Balaban J connectivity index is 1.52. The van der Waals surface area contributed by atoms with E-state index in [-0.39, 0.29) is 11.7 Å². The van der Waals surface area contributed by atoms with E-state index in [1.54, 1.807) is 0 Å². The number of nitrogens with one attached hydrogen (secondary N) is 1. The van der Waals surface area contributed by atoms with Gasteiger partial charge in [-0.2, -0.15) is 0 Å². The summed E-state index contributed by atoms with van der Waals surface area (Å²) < 4.78 is 7.61. The van der Waals surface area contributed by atoms with Gasteiger partial charge in [0.15, 0.2) is 0 Å². The molecule has 0 unspecified atom stereocenters. The summed E-state index contributed by atoms with van der Waals surface area (Å²) in [5.41, 5.74) is 1.88. The maximum Gasteiger partial charge on any atom is 0.277 e. The van der Waals surface area contributed by atoms with E-state index in [2.05, 4.69) is 54.0 Å². The average Bonchev–Trinajstić information content (AvgIpc) is 3.05. The highest BCUT2D eigenvalue weighted by Gasteiger charge is 2.11. The van der Waals surface area contributed by atoms with Crippen LogP contribution >= 0.6 is 50.3 Å². The number of carbonyl (C=O) groups excluding carboxylic acids is 1. The highest BCUT2D eigenvalue weighted by Crippen LogP contribution is 2.20. The molecule has 1 heterocycles. The molecule has 0 saturated carbocycles. The quantitative estimate of drug-likeness (QED) is 0.368. The summed E-state index contributed by atoms with van der Waals surface area (Å²) in [4.78, 5) is 12.0. The maximum absolute atomic E-state index is 12.0. The predicted octanol–water partition coefficient (Wildman–Crippen LogP) is 4.76. The average molecular weight is 530 g/mol. The molecule has 0 aliphatic rings. The van der Waals surface area contributed by atoms with Crippen LogP contribution in [0.4, 0.5) is 5.69 Å². The first-order valence-electron chi connectivity index (χ1n) is 7.34. The minimum Gasteiger partial charge on any atom is -0.416 e. The summed E-state index contributed by atoms with van der Waals surface area (Å²) in [5, 5.41) is 11.3. The molecule has 0 fully saturated rings. The van der Waals surface area contributed by atoms with Crippen LogP contribution in [0.3, 0.4) is 0 Å². The molecular weight excluding hydrogens is 517 g/mol. The highest BCUT2D eigenvalue weighted by atomic mass is 127. The fraction of sp³-hybridized carbons (Fsp3) is 0.118. The number of anilines is 1. The van der Waals surface area contributed by atoms with E-state index in [0.29, 0.717) is 17.5 Å². The number of carbonyl (C=O) groups is 1. The Kier molecular flexibility index (Phi) is 6.49. The molecule has 5 nitrogen and oxygen atoms in total. The van der Waals surface area contributed by atoms with Crippen molar-refractivity contribution in [1.29, 1.82) is 0 Å². The van der Waals surface area contributed by atoms with Crippen LogP contribution in [-0.4, -0.2) is 21.9 Å². The van der Waals surface area contributed by atoms with Crippen molar-refractivity contribution in [3.8, 4) is 0 Å². The molecule has 0 saturated heterocycles. The Labute approximate surface area is 171 Å². The molecule has 0 atom stereocenters. The minimum absolute atomic E-state index is 0.109. The summed E-state index contributed by atoms with van der Waals surface area (Å²) in [6, 6.07) is 15.6. The van der Waals surface area contributed by atoms with Gasteiger partial charge in [0.05, 0.1) is 17.9 Å². The number of hydrogen-bond acceptors (Lipinski definition) is 5. The first kappa shape index (κ1) is 18.4. The van der Waals surface area contributed by atoms with Crippen molar-refractivity contribution in [2.24, 2.45) is 0 Å². The van der Waals surface area contributed by atoms with Crippen molar-refractivity contribution in [3.05, 3.63) is 68.0 Å². The highest BCUT2D eigenvalue weighted by molar-refractivity contribution is 14.1. The van der Waals surface area contributed by atoms with E-state index in [9.17, 15) is 4.79 Å². The van der Waals surface area contributed by atoms with E-state index in [1.807, 2.05) is 48.5 Å². The molecule has 25 heavy (non-hydrogen) atoms. The van der Waals surface area contributed by atoms with Crippen molar-refractivity contribution in [2.75, 3.05) is 11.1 Å². The Bertz CT molecular complexity index is 870. The maximum atomic E-state index is 12.0. The van der Waals surface area contributed by atoms with Gasteiger partial charge in [-0.15, -0.1) is 10.2 Å². The van der Waals surface area contributed by atoms with Crippen LogP contribution in [0.25, 0.3) is 0 Å². The van der Waals surface area contributed by atoms with E-state index in [4.69, 9.17) is 4.42 Å². The number of halogens is 2. The van der Waals surface area contributed by atoms with Gasteiger partial charge in [-0.25, -0.2) is 0 Å². The third-order valence-electron chi connectivity index (χ3n) is 3.19. The molecule has 128 valence electrons. The number of rotatable bonds is 6. The molecule has 0 bridgehead atoms.